The average molecular weight is 409 g/mol. The molecule has 2 aromatic heterocycles. The summed E-state index contributed by atoms with van der Waals surface area (Å²) in [4.78, 5) is 7.66. The number of tetrazole rings is 1. The Morgan fingerprint density at radius 1 is 1.19 bits per heavy atom. The lowest BCUT2D eigenvalue weighted by atomic mass is 10.3. The van der Waals surface area contributed by atoms with E-state index in [-0.39, 0.29) is 5.75 Å². The second-order valence-corrected chi connectivity index (χ2v) is 6.77. The predicted octanol–water partition coefficient (Wildman–Crippen LogP) is 4.09. The molecule has 0 aliphatic carbocycles. The van der Waals surface area contributed by atoms with Gasteiger partial charge in [0.2, 0.25) is 0 Å². The van der Waals surface area contributed by atoms with Gasteiger partial charge in [-0.15, -0.1) is 5.10 Å². The number of H-pyrrole nitrogens is 1. The third-order valence-electron chi connectivity index (χ3n) is 3.60. The van der Waals surface area contributed by atoms with E-state index in [1.54, 1.807) is 24.3 Å². The van der Waals surface area contributed by atoms with E-state index in [1.807, 2.05) is 6.07 Å². The summed E-state index contributed by atoms with van der Waals surface area (Å²) in [6.45, 7) is -2.87. The summed E-state index contributed by atoms with van der Waals surface area (Å²) in [6, 6.07) is 11.5. The number of thioether (sulfide) groups is 1. The Labute approximate surface area is 160 Å². The second kappa shape index (κ2) is 7.49. The maximum absolute atomic E-state index is 12.2. The molecule has 0 aliphatic rings. The van der Waals surface area contributed by atoms with Crippen LogP contribution < -0.4 is 4.74 Å². The zero-order valence-electron chi connectivity index (χ0n) is 13.5. The Morgan fingerprint density at radius 2 is 2.00 bits per heavy atom. The molecule has 0 saturated carbocycles. The number of ether oxygens (including phenoxy) is 1. The largest absolute Gasteiger partial charge is 0.435 e. The lowest BCUT2D eigenvalue weighted by Gasteiger charge is -2.06. The number of aromatic amines is 1. The molecule has 0 spiro atoms. The smallest absolute Gasteiger partial charge is 0.387 e. The molecule has 0 fully saturated rings. The molecule has 7 nitrogen and oxygen atoms in total. The van der Waals surface area contributed by atoms with Gasteiger partial charge in [-0.25, -0.2) is 4.98 Å². The van der Waals surface area contributed by atoms with Gasteiger partial charge in [0.15, 0.2) is 11.0 Å². The maximum Gasteiger partial charge on any atom is 0.387 e. The van der Waals surface area contributed by atoms with Crippen LogP contribution in [0.3, 0.4) is 0 Å². The number of nitrogens with one attached hydrogen (secondary N) is 1. The molecule has 0 atom stereocenters. The molecule has 2 heterocycles. The maximum atomic E-state index is 12.2. The van der Waals surface area contributed by atoms with Crippen molar-refractivity contribution in [3.05, 3.63) is 53.3 Å². The minimum atomic E-state index is -2.87. The molecule has 0 amide bonds. The van der Waals surface area contributed by atoms with Crippen LogP contribution in [-0.4, -0.2) is 36.8 Å². The highest BCUT2D eigenvalue weighted by atomic mass is 35.5. The highest BCUT2D eigenvalue weighted by molar-refractivity contribution is 7.98. The lowest BCUT2D eigenvalue weighted by Crippen LogP contribution is -2.04. The van der Waals surface area contributed by atoms with Gasteiger partial charge in [-0.3, -0.25) is 0 Å². The molecule has 27 heavy (non-hydrogen) atoms. The quantitative estimate of drug-likeness (QED) is 0.484. The summed E-state index contributed by atoms with van der Waals surface area (Å²) in [6.07, 6.45) is 0. The van der Waals surface area contributed by atoms with Crippen molar-refractivity contribution in [2.45, 2.75) is 17.5 Å². The van der Waals surface area contributed by atoms with Gasteiger partial charge in [-0.05, 0) is 52.9 Å². The van der Waals surface area contributed by atoms with Gasteiger partial charge in [0.1, 0.15) is 5.75 Å². The zero-order chi connectivity index (χ0) is 18.8. The first-order chi connectivity index (χ1) is 13.1. The summed E-state index contributed by atoms with van der Waals surface area (Å²) >= 11 is 7.41. The molecule has 2 aromatic carbocycles. The minimum absolute atomic E-state index is 0.0682. The molecule has 1 N–H and O–H groups in total. The predicted molar refractivity (Wildman–Crippen MR) is 96.5 cm³/mol. The Morgan fingerprint density at radius 3 is 2.78 bits per heavy atom. The summed E-state index contributed by atoms with van der Waals surface area (Å²) in [7, 11) is 0. The Hall–Kier alpha value is -2.72. The Kier molecular flexibility index (Phi) is 4.90. The van der Waals surface area contributed by atoms with Crippen molar-refractivity contribution in [2.24, 2.45) is 0 Å². The van der Waals surface area contributed by atoms with E-state index in [0.29, 0.717) is 27.4 Å². The fourth-order valence-corrected chi connectivity index (χ4v) is 3.39. The van der Waals surface area contributed by atoms with Crippen LogP contribution in [0.2, 0.25) is 5.02 Å². The van der Waals surface area contributed by atoms with Gasteiger partial charge < -0.3 is 9.72 Å². The van der Waals surface area contributed by atoms with E-state index in [9.17, 15) is 8.78 Å². The van der Waals surface area contributed by atoms with Gasteiger partial charge in [-0.2, -0.15) is 13.5 Å². The van der Waals surface area contributed by atoms with Crippen LogP contribution in [0.5, 0.6) is 5.75 Å². The van der Waals surface area contributed by atoms with E-state index in [0.717, 1.165) is 11.0 Å². The summed E-state index contributed by atoms with van der Waals surface area (Å²) < 4.78 is 30.3. The number of rotatable bonds is 6. The number of benzene rings is 2. The normalized spacial score (nSPS) is 11.4. The summed E-state index contributed by atoms with van der Waals surface area (Å²) in [5.74, 6) is 1.11. The van der Waals surface area contributed by atoms with Crippen molar-refractivity contribution in [1.82, 2.24) is 30.2 Å². The van der Waals surface area contributed by atoms with Crippen molar-refractivity contribution in [3.63, 3.8) is 0 Å². The number of halogens is 3. The number of aromatic nitrogens is 6. The molecular weight excluding hydrogens is 398 g/mol. The van der Waals surface area contributed by atoms with Gasteiger partial charge in [-0.1, -0.05) is 23.4 Å². The zero-order valence-corrected chi connectivity index (χ0v) is 15.1. The average Bonchev–Trinajstić information content (AvgIpc) is 3.26. The van der Waals surface area contributed by atoms with Crippen LogP contribution in [0.15, 0.2) is 47.6 Å². The van der Waals surface area contributed by atoms with Crippen molar-refractivity contribution >= 4 is 34.4 Å². The van der Waals surface area contributed by atoms with Gasteiger partial charge >= 0.3 is 6.61 Å². The number of imidazole rings is 1. The molecule has 0 bridgehead atoms. The number of hydrogen-bond donors (Lipinski definition) is 1. The van der Waals surface area contributed by atoms with Crippen LogP contribution in [0.1, 0.15) is 5.82 Å². The molecule has 4 rings (SSSR count). The molecule has 0 unspecified atom stereocenters. The first-order valence-corrected chi connectivity index (χ1v) is 9.05. The van der Waals surface area contributed by atoms with Gasteiger partial charge in [0, 0.05) is 5.02 Å². The third kappa shape index (κ3) is 4.01. The fraction of sp³-hybridized carbons (Fsp3) is 0.125. The van der Waals surface area contributed by atoms with E-state index >= 15 is 0 Å². The van der Waals surface area contributed by atoms with Crippen LogP contribution in [0, 0.1) is 0 Å². The molecule has 11 heteroatoms. The Bertz CT molecular complexity index is 1070. The van der Waals surface area contributed by atoms with E-state index < -0.39 is 6.61 Å². The van der Waals surface area contributed by atoms with Crippen LogP contribution in [0.25, 0.3) is 16.7 Å². The summed E-state index contributed by atoms with van der Waals surface area (Å²) in [5, 5.41) is 13.0. The second-order valence-electron chi connectivity index (χ2n) is 5.37. The minimum Gasteiger partial charge on any atom is -0.435 e. The van der Waals surface area contributed by atoms with E-state index in [2.05, 4.69) is 30.2 Å². The van der Waals surface area contributed by atoms with Crippen molar-refractivity contribution < 1.29 is 13.5 Å². The van der Waals surface area contributed by atoms with Crippen molar-refractivity contribution in [3.8, 4) is 11.4 Å². The number of alkyl halides is 2. The van der Waals surface area contributed by atoms with Gasteiger partial charge in [0.25, 0.3) is 0 Å². The van der Waals surface area contributed by atoms with E-state index in [4.69, 9.17) is 11.6 Å². The highest BCUT2D eigenvalue weighted by Crippen LogP contribution is 2.25. The Balaban J connectivity index is 1.49. The fourth-order valence-electron chi connectivity index (χ4n) is 2.42. The van der Waals surface area contributed by atoms with Crippen molar-refractivity contribution in [1.29, 1.82) is 0 Å². The third-order valence-corrected chi connectivity index (χ3v) is 4.71. The SMILES string of the molecule is FC(F)Oc1ccc(-n2nnnc2CSc2nc3ccc(Cl)cc3[nH]2)cc1. The standard InChI is InChI=1S/C16H11ClF2N6OS/c17-9-1-6-12-13(7-9)21-16(20-12)27-8-14-22-23-24-25(14)10-2-4-11(5-3-10)26-15(18)19/h1-7,15H,8H2,(H,20,21). The lowest BCUT2D eigenvalue weighted by molar-refractivity contribution is -0.0498. The summed E-state index contributed by atoms with van der Waals surface area (Å²) in [5.41, 5.74) is 2.30. The molecular formula is C16H11ClF2N6OS. The molecule has 0 saturated heterocycles. The first kappa shape index (κ1) is 17.7. The number of nitrogens with zero attached hydrogens (tertiary/aromatic N) is 5. The molecule has 4 aromatic rings. The van der Waals surface area contributed by atoms with E-state index in [1.165, 1.54) is 28.6 Å². The highest BCUT2D eigenvalue weighted by Gasteiger charge is 2.12. The van der Waals surface area contributed by atoms with Gasteiger partial charge in [0.05, 0.1) is 22.5 Å². The number of fused-ring (bicyclic) bond motifs is 1. The number of hydrogen-bond acceptors (Lipinski definition) is 6. The first-order valence-electron chi connectivity index (χ1n) is 7.69. The monoisotopic (exact) mass is 408 g/mol. The molecule has 0 aliphatic heterocycles. The molecule has 138 valence electrons. The van der Waals surface area contributed by atoms with Crippen molar-refractivity contribution in [2.75, 3.05) is 0 Å². The van der Waals surface area contributed by atoms with Crippen LogP contribution >= 0.6 is 23.4 Å². The van der Waals surface area contributed by atoms with Crippen LogP contribution in [0.4, 0.5) is 8.78 Å². The topological polar surface area (TPSA) is 81.5 Å². The molecule has 0 radical (unpaired) electrons. The van der Waals surface area contributed by atoms with Crippen LogP contribution in [-0.2, 0) is 5.75 Å².